The summed E-state index contributed by atoms with van der Waals surface area (Å²) in [6, 6.07) is 10.7. The first-order valence-corrected chi connectivity index (χ1v) is 12.9. The zero-order valence-electron chi connectivity index (χ0n) is 17.8. The maximum Gasteiger partial charge on any atom is 0.217 e. The topological polar surface area (TPSA) is 49.9 Å². The van der Waals surface area contributed by atoms with Crippen LogP contribution in [0.1, 0.15) is 44.6 Å². The van der Waals surface area contributed by atoms with Crippen molar-refractivity contribution in [1.82, 2.24) is 9.21 Å². The zero-order chi connectivity index (χ0) is 20.3. The third-order valence-electron chi connectivity index (χ3n) is 7.33. The van der Waals surface area contributed by atoms with Crippen LogP contribution in [-0.4, -0.2) is 68.8 Å². The number of ether oxygens (including phenoxy) is 1. The van der Waals surface area contributed by atoms with Crippen LogP contribution in [0.4, 0.5) is 0 Å². The molecule has 2 atom stereocenters. The molecule has 2 unspecified atom stereocenters. The second kappa shape index (κ2) is 9.04. The van der Waals surface area contributed by atoms with Crippen LogP contribution in [0.2, 0.25) is 0 Å². The number of hydrogen-bond acceptors (Lipinski definition) is 4. The molecule has 4 rings (SSSR count). The van der Waals surface area contributed by atoms with Crippen LogP contribution in [0, 0.1) is 11.3 Å². The van der Waals surface area contributed by atoms with Gasteiger partial charge in [-0.1, -0.05) is 43.7 Å². The molecular formula is C23H36N2O3S. The largest absolute Gasteiger partial charge is 0.381 e. The molecule has 29 heavy (non-hydrogen) atoms. The monoisotopic (exact) mass is 420 g/mol. The van der Waals surface area contributed by atoms with E-state index in [4.69, 9.17) is 4.74 Å². The highest BCUT2D eigenvalue weighted by Gasteiger charge is 2.54. The Morgan fingerprint density at radius 2 is 1.86 bits per heavy atom. The lowest BCUT2D eigenvalue weighted by Crippen LogP contribution is -2.43. The van der Waals surface area contributed by atoms with Crippen LogP contribution >= 0.6 is 0 Å². The van der Waals surface area contributed by atoms with E-state index in [2.05, 4.69) is 42.2 Å². The highest BCUT2D eigenvalue weighted by molar-refractivity contribution is 7.89. The summed E-state index contributed by atoms with van der Waals surface area (Å²) < 4.78 is 33.9. The number of rotatable bonds is 8. The first kappa shape index (κ1) is 21.3. The Hall–Kier alpha value is -0.950. The Kier molecular flexibility index (Phi) is 6.64. The van der Waals surface area contributed by atoms with Gasteiger partial charge in [0.2, 0.25) is 10.0 Å². The number of benzene rings is 1. The van der Waals surface area contributed by atoms with E-state index >= 15 is 0 Å². The number of likely N-dealkylation sites (tertiary alicyclic amines) is 1. The lowest BCUT2D eigenvalue weighted by molar-refractivity contribution is 0.0972. The molecule has 0 radical (unpaired) electrons. The number of sulfonamides is 1. The average Bonchev–Trinajstić information content (AvgIpc) is 3.27. The molecule has 162 valence electrons. The van der Waals surface area contributed by atoms with E-state index in [1.165, 1.54) is 18.4 Å². The summed E-state index contributed by atoms with van der Waals surface area (Å²) in [6.45, 7) is 8.04. The standard InChI is InChI=1S/C23H36N2O3S/c1-2-3-13-24-16-21-17-25(29(26,27)22-10-14-28-15-11-22)19-23(21,18-24)12-9-20-7-5-4-6-8-20/h4-8,21-22H,2-3,9-19H2,1H3. The molecule has 0 bridgehead atoms. The SMILES string of the molecule is CCCCN1CC2CN(S(=O)(=O)C3CCOCC3)CC2(CCc2ccccc2)C1. The summed E-state index contributed by atoms with van der Waals surface area (Å²) in [4.78, 5) is 2.59. The van der Waals surface area contributed by atoms with Crippen molar-refractivity contribution in [2.24, 2.45) is 11.3 Å². The normalized spacial score (nSPS) is 29.3. The Morgan fingerprint density at radius 1 is 1.10 bits per heavy atom. The van der Waals surface area contributed by atoms with Gasteiger partial charge in [-0.05, 0) is 50.1 Å². The van der Waals surface area contributed by atoms with Crippen LogP contribution in [-0.2, 0) is 21.2 Å². The van der Waals surface area contributed by atoms with Gasteiger partial charge in [0.05, 0.1) is 5.25 Å². The van der Waals surface area contributed by atoms with Crippen molar-refractivity contribution >= 4 is 10.0 Å². The number of unbranched alkanes of at least 4 members (excludes halogenated alkanes) is 1. The molecule has 1 aromatic rings. The number of hydrogen-bond donors (Lipinski definition) is 0. The smallest absolute Gasteiger partial charge is 0.217 e. The fraction of sp³-hybridized carbons (Fsp3) is 0.739. The molecule has 0 spiro atoms. The molecule has 3 aliphatic heterocycles. The Balaban J connectivity index is 1.49. The van der Waals surface area contributed by atoms with E-state index in [0.29, 0.717) is 45.1 Å². The molecule has 3 saturated heterocycles. The van der Waals surface area contributed by atoms with E-state index in [1.54, 1.807) is 0 Å². The van der Waals surface area contributed by atoms with Gasteiger partial charge in [-0.2, -0.15) is 0 Å². The van der Waals surface area contributed by atoms with Gasteiger partial charge in [0.1, 0.15) is 0 Å². The summed E-state index contributed by atoms with van der Waals surface area (Å²) in [5.74, 6) is 0.456. The summed E-state index contributed by atoms with van der Waals surface area (Å²) in [5, 5.41) is -0.252. The van der Waals surface area contributed by atoms with Crippen molar-refractivity contribution in [2.75, 3.05) is 45.9 Å². The lowest BCUT2D eigenvalue weighted by Gasteiger charge is -2.31. The maximum absolute atomic E-state index is 13.3. The van der Waals surface area contributed by atoms with Crippen molar-refractivity contribution in [3.63, 3.8) is 0 Å². The predicted molar refractivity (Wildman–Crippen MR) is 116 cm³/mol. The third kappa shape index (κ3) is 4.55. The molecule has 0 N–H and O–H groups in total. The fourth-order valence-electron chi connectivity index (χ4n) is 5.57. The van der Waals surface area contributed by atoms with Crippen LogP contribution in [0.5, 0.6) is 0 Å². The van der Waals surface area contributed by atoms with Gasteiger partial charge < -0.3 is 9.64 Å². The molecule has 6 heteroatoms. The zero-order valence-corrected chi connectivity index (χ0v) is 18.6. The van der Waals surface area contributed by atoms with E-state index in [0.717, 1.165) is 32.5 Å². The fourth-order valence-corrected chi connectivity index (χ4v) is 7.60. The van der Waals surface area contributed by atoms with Crippen LogP contribution in [0.3, 0.4) is 0 Å². The minimum absolute atomic E-state index is 0.0990. The Morgan fingerprint density at radius 3 is 2.59 bits per heavy atom. The number of aryl methyl sites for hydroxylation is 1. The van der Waals surface area contributed by atoms with E-state index in [9.17, 15) is 8.42 Å². The van der Waals surface area contributed by atoms with Crippen LogP contribution in [0.25, 0.3) is 0 Å². The van der Waals surface area contributed by atoms with Gasteiger partial charge >= 0.3 is 0 Å². The first-order chi connectivity index (χ1) is 14.0. The first-order valence-electron chi connectivity index (χ1n) is 11.4. The highest BCUT2D eigenvalue weighted by atomic mass is 32.2. The molecule has 1 aromatic carbocycles. The summed E-state index contributed by atoms with van der Waals surface area (Å²) in [6.07, 6.45) is 5.83. The second-order valence-corrected chi connectivity index (χ2v) is 11.5. The van der Waals surface area contributed by atoms with Crippen molar-refractivity contribution in [2.45, 2.75) is 50.7 Å². The number of fused-ring (bicyclic) bond motifs is 1. The van der Waals surface area contributed by atoms with Crippen molar-refractivity contribution in [3.05, 3.63) is 35.9 Å². The summed E-state index contributed by atoms with van der Waals surface area (Å²) in [7, 11) is -3.22. The lowest BCUT2D eigenvalue weighted by atomic mass is 9.76. The molecular weight excluding hydrogens is 384 g/mol. The minimum atomic E-state index is -3.22. The molecule has 0 aliphatic carbocycles. The Bertz CT molecular complexity index is 764. The van der Waals surface area contributed by atoms with Crippen LogP contribution < -0.4 is 0 Å². The van der Waals surface area contributed by atoms with Gasteiger partial charge in [-0.3, -0.25) is 0 Å². The maximum atomic E-state index is 13.3. The van der Waals surface area contributed by atoms with Gasteiger partial charge in [0.25, 0.3) is 0 Å². The van der Waals surface area contributed by atoms with E-state index in [-0.39, 0.29) is 10.7 Å². The molecule has 3 heterocycles. The van der Waals surface area contributed by atoms with Crippen molar-refractivity contribution in [1.29, 1.82) is 0 Å². The Labute approximate surface area is 176 Å². The molecule has 0 aromatic heterocycles. The highest BCUT2D eigenvalue weighted by Crippen LogP contribution is 2.47. The quantitative estimate of drug-likeness (QED) is 0.648. The van der Waals surface area contributed by atoms with Gasteiger partial charge in [-0.15, -0.1) is 0 Å². The molecule has 3 fully saturated rings. The number of nitrogens with zero attached hydrogens (tertiary/aromatic N) is 2. The summed E-state index contributed by atoms with van der Waals surface area (Å²) >= 11 is 0. The minimum Gasteiger partial charge on any atom is -0.381 e. The van der Waals surface area contributed by atoms with Crippen LogP contribution in [0.15, 0.2) is 30.3 Å². The van der Waals surface area contributed by atoms with Crippen molar-refractivity contribution in [3.8, 4) is 0 Å². The van der Waals surface area contributed by atoms with E-state index in [1.807, 2.05) is 4.31 Å². The molecule has 5 nitrogen and oxygen atoms in total. The van der Waals surface area contributed by atoms with Gasteiger partial charge in [0, 0.05) is 44.8 Å². The third-order valence-corrected chi connectivity index (χ3v) is 9.64. The molecule has 0 amide bonds. The molecule has 0 saturated carbocycles. The predicted octanol–water partition coefficient (Wildman–Crippen LogP) is 3.16. The van der Waals surface area contributed by atoms with Gasteiger partial charge in [-0.25, -0.2) is 12.7 Å². The summed E-state index contributed by atoms with van der Waals surface area (Å²) in [5.41, 5.74) is 1.46. The van der Waals surface area contributed by atoms with Crippen molar-refractivity contribution < 1.29 is 13.2 Å². The van der Waals surface area contributed by atoms with E-state index < -0.39 is 10.0 Å². The molecule has 3 aliphatic rings. The van der Waals surface area contributed by atoms with Gasteiger partial charge in [0.15, 0.2) is 0 Å². The second-order valence-electron chi connectivity index (χ2n) is 9.28. The average molecular weight is 421 g/mol.